The number of hydrogen-bond acceptors (Lipinski definition) is 5. The Morgan fingerprint density at radius 2 is 2.30 bits per heavy atom. The summed E-state index contributed by atoms with van der Waals surface area (Å²) in [6, 6.07) is 0.0782. The van der Waals surface area contributed by atoms with Crippen LogP contribution < -0.4 is 11.3 Å². The average molecular weight is 348 g/mol. The summed E-state index contributed by atoms with van der Waals surface area (Å²) in [5.74, 6) is 5.71. The van der Waals surface area contributed by atoms with Crippen LogP contribution in [-0.2, 0) is 11.3 Å². The Bertz CT molecular complexity index is 383. The SMILES string of the molecule is CCOCCCC(NN)c1c(Br)cnn1CCN(C)C. The molecular weight excluding hydrogens is 322 g/mol. The average Bonchev–Trinajstić information content (AvgIpc) is 2.78. The van der Waals surface area contributed by atoms with Gasteiger partial charge in [-0.25, -0.2) is 0 Å². The molecule has 1 unspecified atom stereocenters. The maximum atomic E-state index is 5.71. The van der Waals surface area contributed by atoms with Gasteiger partial charge in [0.05, 0.1) is 29.0 Å². The predicted molar refractivity (Wildman–Crippen MR) is 84.3 cm³/mol. The van der Waals surface area contributed by atoms with Gasteiger partial charge in [-0.3, -0.25) is 16.0 Å². The number of ether oxygens (including phenoxy) is 1. The minimum absolute atomic E-state index is 0.0782. The number of halogens is 1. The standard InChI is InChI=1S/C13H26BrN5O/c1-4-20-9-5-6-12(17-15)13-11(14)10-16-19(13)8-7-18(2)3/h10,12,17H,4-9,15H2,1-3H3. The van der Waals surface area contributed by atoms with E-state index in [2.05, 4.69) is 45.4 Å². The van der Waals surface area contributed by atoms with Crippen molar-refractivity contribution in [3.05, 3.63) is 16.4 Å². The molecule has 0 amide bonds. The molecule has 0 fully saturated rings. The van der Waals surface area contributed by atoms with Gasteiger partial charge in [-0.2, -0.15) is 5.10 Å². The number of nitrogens with zero attached hydrogens (tertiary/aromatic N) is 3. The van der Waals surface area contributed by atoms with E-state index in [9.17, 15) is 0 Å². The third-order valence-corrected chi connectivity index (χ3v) is 3.72. The van der Waals surface area contributed by atoms with Gasteiger partial charge in [0.1, 0.15) is 0 Å². The molecule has 1 aromatic rings. The number of rotatable bonds is 10. The number of likely N-dealkylation sites (N-methyl/N-ethyl adjacent to an activating group) is 1. The van der Waals surface area contributed by atoms with Crippen molar-refractivity contribution < 1.29 is 4.74 Å². The maximum absolute atomic E-state index is 5.71. The van der Waals surface area contributed by atoms with Gasteiger partial charge in [0, 0.05) is 19.8 Å². The summed E-state index contributed by atoms with van der Waals surface area (Å²) in [7, 11) is 4.11. The van der Waals surface area contributed by atoms with Gasteiger partial charge >= 0.3 is 0 Å². The molecule has 0 aliphatic heterocycles. The molecule has 0 aliphatic carbocycles. The highest BCUT2D eigenvalue weighted by Crippen LogP contribution is 2.26. The summed E-state index contributed by atoms with van der Waals surface area (Å²) < 4.78 is 8.38. The fraction of sp³-hybridized carbons (Fsp3) is 0.769. The second-order valence-electron chi connectivity index (χ2n) is 4.96. The molecule has 0 saturated carbocycles. The Hall–Kier alpha value is -0.470. The van der Waals surface area contributed by atoms with Crippen LogP contribution in [0, 0.1) is 0 Å². The van der Waals surface area contributed by atoms with Crippen LogP contribution >= 0.6 is 15.9 Å². The van der Waals surface area contributed by atoms with Crippen molar-refractivity contribution in [1.29, 1.82) is 0 Å². The molecule has 1 rings (SSSR count). The Morgan fingerprint density at radius 3 is 2.90 bits per heavy atom. The van der Waals surface area contributed by atoms with Crippen molar-refractivity contribution >= 4 is 15.9 Å². The Kier molecular flexibility index (Phi) is 8.32. The third-order valence-electron chi connectivity index (χ3n) is 3.11. The highest BCUT2D eigenvalue weighted by molar-refractivity contribution is 9.10. The van der Waals surface area contributed by atoms with E-state index in [-0.39, 0.29) is 6.04 Å². The lowest BCUT2D eigenvalue weighted by molar-refractivity contribution is 0.140. The van der Waals surface area contributed by atoms with Crippen LogP contribution in [0.15, 0.2) is 10.7 Å². The monoisotopic (exact) mass is 347 g/mol. The first kappa shape index (κ1) is 17.6. The summed E-state index contributed by atoms with van der Waals surface area (Å²) in [6.45, 7) is 5.31. The Labute approximate surface area is 129 Å². The molecule has 1 heterocycles. The fourth-order valence-corrected chi connectivity index (χ4v) is 2.60. The van der Waals surface area contributed by atoms with Crippen molar-refractivity contribution in [3.8, 4) is 0 Å². The quantitative estimate of drug-likeness (QED) is 0.381. The van der Waals surface area contributed by atoms with Gasteiger partial charge in [0.25, 0.3) is 0 Å². The van der Waals surface area contributed by atoms with E-state index in [1.807, 2.05) is 17.8 Å². The van der Waals surface area contributed by atoms with Crippen LogP contribution in [0.5, 0.6) is 0 Å². The molecule has 0 saturated heterocycles. The van der Waals surface area contributed by atoms with E-state index < -0.39 is 0 Å². The molecule has 0 radical (unpaired) electrons. The highest BCUT2D eigenvalue weighted by atomic mass is 79.9. The normalized spacial score (nSPS) is 13.1. The van der Waals surface area contributed by atoms with Crippen LogP contribution in [0.2, 0.25) is 0 Å². The highest BCUT2D eigenvalue weighted by Gasteiger charge is 2.18. The van der Waals surface area contributed by atoms with E-state index in [1.54, 1.807) is 0 Å². The lowest BCUT2D eigenvalue weighted by atomic mass is 10.1. The van der Waals surface area contributed by atoms with E-state index in [0.717, 1.165) is 49.3 Å². The minimum atomic E-state index is 0.0782. The first-order chi connectivity index (χ1) is 9.60. The maximum Gasteiger partial charge on any atom is 0.0709 e. The molecule has 7 heteroatoms. The lowest BCUT2D eigenvalue weighted by Crippen LogP contribution is -2.31. The fourth-order valence-electron chi connectivity index (χ4n) is 2.02. The molecule has 0 aromatic carbocycles. The van der Waals surface area contributed by atoms with Crippen molar-refractivity contribution in [2.24, 2.45) is 5.84 Å². The van der Waals surface area contributed by atoms with Crippen molar-refractivity contribution in [1.82, 2.24) is 20.1 Å². The first-order valence-electron chi connectivity index (χ1n) is 7.00. The van der Waals surface area contributed by atoms with Gasteiger partial charge in [0.15, 0.2) is 0 Å². The van der Waals surface area contributed by atoms with Crippen LogP contribution in [-0.4, -0.2) is 48.5 Å². The molecule has 0 bridgehead atoms. The second kappa shape index (κ2) is 9.46. The van der Waals surface area contributed by atoms with Gasteiger partial charge in [-0.15, -0.1) is 0 Å². The molecule has 3 N–H and O–H groups in total. The zero-order valence-electron chi connectivity index (χ0n) is 12.6. The number of nitrogens with one attached hydrogen (secondary N) is 1. The molecule has 0 aliphatic rings. The minimum Gasteiger partial charge on any atom is -0.382 e. The first-order valence-corrected chi connectivity index (χ1v) is 7.79. The molecule has 20 heavy (non-hydrogen) atoms. The second-order valence-corrected chi connectivity index (χ2v) is 5.82. The number of nitrogens with two attached hydrogens (primary N) is 1. The van der Waals surface area contributed by atoms with Gasteiger partial charge < -0.3 is 9.64 Å². The Morgan fingerprint density at radius 1 is 1.55 bits per heavy atom. The zero-order valence-corrected chi connectivity index (χ0v) is 14.2. The molecule has 0 spiro atoms. The van der Waals surface area contributed by atoms with Crippen LogP contribution in [0.1, 0.15) is 31.5 Å². The smallest absolute Gasteiger partial charge is 0.0709 e. The Balaban J connectivity index is 2.67. The van der Waals surface area contributed by atoms with E-state index in [1.165, 1.54) is 0 Å². The van der Waals surface area contributed by atoms with E-state index in [4.69, 9.17) is 10.6 Å². The third kappa shape index (κ3) is 5.49. The lowest BCUT2D eigenvalue weighted by Gasteiger charge is -2.19. The van der Waals surface area contributed by atoms with E-state index in [0.29, 0.717) is 0 Å². The summed E-state index contributed by atoms with van der Waals surface area (Å²) in [5.41, 5.74) is 3.99. The van der Waals surface area contributed by atoms with Crippen LogP contribution in [0.3, 0.4) is 0 Å². The topological polar surface area (TPSA) is 68.3 Å². The van der Waals surface area contributed by atoms with Gasteiger partial charge in [0.2, 0.25) is 0 Å². The summed E-state index contributed by atoms with van der Waals surface area (Å²) >= 11 is 3.56. The molecular formula is C13H26BrN5O. The molecule has 1 atom stereocenters. The summed E-state index contributed by atoms with van der Waals surface area (Å²) in [4.78, 5) is 2.14. The zero-order chi connectivity index (χ0) is 15.0. The van der Waals surface area contributed by atoms with Crippen molar-refractivity contribution in [2.75, 3.05) is 33.9 Å². The number of hydrogen-bond donors (Lipinski definition) is 2. The molecule has 6 nitrogen and oxygen atoms in total. The van der Waals surface area contributed by atoms with Crippen LogP contribution in [0.4, 0.5) is 0 Å². The summed E-state index contributed by atoms with van der Waals surface area (Å²) in [6.07, 6.45) is 3.72. The number of aromatic nitrogens is 2. The predicted octanol–water partition coefficient (Wildman–Crippen LogP) is 1.53. The van der Waals surface area contributed by atoms with Gasteiger partial charge in [-0.05, 0) is 49.8 Å². The van der Waals surface area contributed by atoms with Crippen LogP contribution in [0.25, 0.3) is 0 Å². The van der Waals surface area contributed by atoms with Crippen molar-refractivity contribution in [3.63, 3.8) is 0 Å². The number of hydrazine groups is 1. The largest absolute Gasteiger partial charge is 0.382 e. The molecule has 116 valence electrons. The van der Waals surface area contributed by atoms with Crippen molar-refractivity contribution in [2.45, 2.75) is 32.4 Å². The van der Waals surface area contributed by atoms with E-state index >= 15 is 0 Å². The van der Waals surface area contributed by atoms with Gasteiger partial charge in [-0.1, -0.05) is 0 Å². The summed E-state index contributed by atoms with van der Waals surface area (Å²) in [5, 5.41) is 4.42. The molecule has 1 aromatic heterocycles.